The molecule has 0 bridgehead atoms. The first-order valence-corrected chi connectivity index (χ1v) is 8.28. The van der Waals surface area contributed by atoms with E-state index in [1.165, 1.54) is 5.56 Å². The zero-order chi connectivity index (χ0) is 16.4. The fourth-order valence-corrected chi connectivity index (χ4v) is 3.34. The van der Waals surface area contributed by atoms with Crippen LogP contribution in [0.2, 0.25) is 0 Å². The maximum atomic E-state index is 12.1. The number of carbonyl (C=O) groups excluding carboxylic acids is 2. The van der Waals surface area contributed by atoms with Gasteiger partial charge in [-0.05, 0) is 29.7 Å². The molecule has 1 aromatic heterocycles. The number of aryl methyl sites for hydroxylation is 1. The summed E-state index contributed by atoms with van der Waals surface area (Å²) in [6, 6.07) is 13.8. The summed E-state index contributed by atoms with van der Waals surface area (Å²) in [5.74, 6) is -0.485. The number of nitrogens with zero attached hydrogens (tertiary/aromatic N) is 1. The van der Waals surface area contributed by atoms with Crippen LogP contribution in [0.1, 0.15) is 28.5 Å². The van der Waals surface area contributed by atoms with Crippen LogP contribution in [0.4, 0.5) is 0 Å². The van der Waals surface area contributed by atoms with Gasteiger partial charge in [0.15, 0.2) is 6.29 Å². The van der Waals surface area contributed by atoms with Crippen LogP contribution in [0.25, 0.3) is 10.8 Å². The number of Topliss-reactive ketones (excluding diaryl/α,β-unsaturated/α-hetero) is 1. The lowest BCUT2D eigenvalue weighted by Crippen LogP contribution is -2.11. The zero-order valence-corrected chi connectivity index (χ0v) is 14.3. The SMILES string of the molecule is CCc1cc(Br)ccc1Cn1cc2ccccc2c1C(=O)C=O. The molecule has 0 aliphatic carbocycles. The van der Waals surface area contributed by atoms with Crippen LogP contribution < -0.4 is 0 Å². The van der Waals surface area contributed by atoms with Crippen LogP contribution in [-0.2, 0) is 17.8 Å². The highest BCUT2D eigenvalue weighted by molar-refractivity contribution is 9.10. The predicted molar refractivity (Wildman–Crippen MR) is 95.0 cm³/mol. The number of hydrogen-bond donors (Lipinski definition) is 0. The average Bonchev–Trinajstić information content (AvgIpc) is 2.93. The minimum atomic E-state index is -0.485. The molecule has 0 fully saturated rings. The lowest BCUT2D eigenvalue weighted by atomic mass is 10.1. The molecule has 0 unspecified atom stereocenters. The highest BCUT2D eigenvalue weighted by Gasteiger charge is 2.16. The second kappa shape index (κ2) is 6.50. The number of aldehydes is 1. The molecule has 0 saturated heterocycles. The van der Waals surface area contributed by atoms with Crippen LogP contribution in [-0.4, -0.2) is 16.6 Å². The van der Waals surface area contributed by atoms with Gasteiger partial charge in [-0.2, -0.15) is 0 Å². The van der Waals surface area contributed by atoms with Crippen molar-refractivity contribution in [2.24, 2.45) is 0 Å². The van der Waals surface area contributed by atoms with Crippen molar-refractivity contribution in [1.82, 2.24) is 4.57 Å². The summed E-state index contributed by atoms with van der Waals surface area (Å²) < 4.78 is 2.92. The van der Waals surface area contributed by atoms with E-state index in [2.05, 4.69) is 35.0 Å². The number of aromatic nitrogens is 1. The third kappa shape index (κ3) is 2.99. The minimum absolute atomic E-state index is 0.389. The number of benzene rings is 2. The number of rotatable bonds is 5. The Labute approximate surface area is 143 Å². The monoisotopic (exact) mass is 369 g/mol. The molecule has 23 heavy (non-hydrogen) atoms. The van der Waals surface area contributed by atoms with Gasteiger partial charge in [0.05, 0.1) is 0 Å². The molecule has 1 heterocycles. The van der Waals surface area contributed by atoms with Gasteiger partial charge >= 0.3 is 0 Å². The Morgan fingerprint density at radius 3 is 2.70 bits per heavy atom. The Morgan fingerprint density at radius 1 is 1.17 bits per heavy atom. The number of halogens is 1. The van der Waals surface area contributed by atoms with Crippen molar-refractivity contribution in [3.05, 3.63) is 70.0 Å². The van der Waals surface area contributed by atoms with E-state index in [1.54, 1.807) is 0 Å². The molecular formula is C19H16BrNO2. The molecule has 0 radical (unpaired) electrons. The van der Waals surface area contributed by atoms with E-state index < -0.39 is 5.78 Å². The maximum Gasteiger partial charge on any atom is 0.242 e. The molecule has 2 aromatic carbocycles. The normalized spacial score (nSPS) is 10.9. The van der Waals surface area contributed by atoms with Gasteiger partial charge in [-0.15, -0.1) is 0 Å². The summed E-state index contributed by atoms with van der Waals surface area (Å²) >= 11 is 3.49. The molecule has 0 atom stereocenters. The summed E-state index contributed by atoms with van der Waals surface area (Å²) in [7, 11) is 0. The minimum Gasteiger partial charge on any atom is -0.339 e. The van der Waals surface area contributed by atoms with Gasteiger partial charge in [-0.1, -0.05) is 53.2 Å². The first-order valence-electron chi connectivity index (χ1n) is 7.48. The second-order valence-corrected chi connectivity index (χ2v) is 6.36. The summed E-state index contributed by atoms with van der Waals surface area (Å²) in [5.41, 5.74) is 2.83. The number of fused-ring (bicyclic) bond motifs is 1. The number of hydrogen-bond acceptors (Lipinski definition) is 2. The summed E-state index contributed by atoms with van der Waals surface area (Å²) in [6.07, 6.45) is 3.24. The van der Waals surface area contributed by atoms with E-state index in [9.17, 15) is 9.59 Å². The van der Waals surface area contributed by atoms with Crippen LogP contribution in [0, 0.1) is 0 Å². The van der Waals surface area contributed by atoms with Crippen molar-refractivity contribution < 1.29 is 9.59 Å². The van der Waals surface area contributed by atoms with Crippen molar-refractivity contribution in [2.45, 2.75) is 19.9 Å². The van der Waals surface area contributed by atoms with E-state index in [0.29, 0.717) is 18.5 Å². The summed E-state index contributed by atoms with van der Waals surface area (Å²) in [4.78, 5) is 23.2. The zero-order valence-electron chi connectivity index (χ0n) is 12.8. The number of carbonyl (C=O) groups is 2. The molecule has 3 nitrogen and oxygen atoms in total. The third-order valence-electron chi connectivity index (χ3n) is 4.03. The molecule has 0 spiro atoms. The van der Waals surface area contributed by atoms with E-state index in [1.807, 2.05) is 41.1 Å². The lowest BCUT2D eigenvalue weighted by Gasteiger charge is -2.11. The third-order valence-corrected chi connectivity index (χ3v) is 4.52. The van der Waals surface area contributed by atoms with Crippen molar-refractivity contribution in [2.75, 3.05) is 0 Å². The smallest absolute Gasteiger partial charge is 0.242 e. The molecule has 4 heteroatoms. The average molecular weight is 370 g/mol. The van der Waals surface area contributed by atoms with Crippen LogP contribution in [0.3, 0.4) is 0 Å². The fourth-order valence-electron chi connectivity index (χ4n) is 2.93. The van der Waals surface area contributed by atoms with Gasteiger partial charge in [-0.25, -0.2) is 0 Å². The van der Waals surface area contributed by atoms with Crippen molar-refractivity contribution >= 4 is 38.8 Å². The number of ketones is 1. The van der Waals surface area contributed by atoms with Crippen LogP contribution in [0.5, 0.6) is 0 Å². The van der Waals surface area contributed by atoms with E-state index in [4.69, 9.17) is 0 Å². The molecule has 3 rings (SSSR count). The van der Waals surface area contributed by atoms with Gasteiger partial charge in [0.1, 0.15) is 5.69 Å². The van der Waals surface area contributed by atoms with Crippen molar-refractivity contribution in [3.63, 3.8) is 0 Å². The molecule has 0 saturated carbocycles. The lowest BCUT2D eigenvalue weighted by molar-refractivity contribution is -0.104. The standard InChI is InChI=1S/C19H16BrNO2/c1-2-13-9-16(20)8-7-14(13)10-21-11-15-5-3-4-6-17(15)19(21)18(23)12-22/h3-9,11-12H,2,10H2,1H3. The van der Waals surface area contributed by atoms with Crippen LogP contribution >= 0.6 is 15.9 Å². The molecule has 0 amide bonds. The predicted octanol–water partition coefficient (Wildman–Crippen LogP) is 4.40. The van der Waals surface area contributed by atoms with E-state index in [0.717, 1.165) is 27.2 Å². The Balaban J connectivity index is 2.13. The first-order chi connectivity index (χ1) is 11.1. The van der Waals surface area contributed by atoms with Gasteiger partial charge < -0.3 is 4.57 Å². The second-order valence-electron chi connectivity index (χ2n) is 5.44. The molecule has 0 aliphatic heterocycles. The molecular weight excluding hydrogens is 354 g/mol. The Bertz CT molecular complexity index is 896. The highest BCUT2D eigenvalue weighted by Crippen LogP contribution is 2.24. The first kappa shape index (κ1) is 15.7. The van der Waals surface area contributed by atoms with Gasteiger partial charge in [-0.3, -0.25) is 9.59 Å². The van der Waals surface area contributed by atoms with E-state index >= 15 is 0 Å². The maximum absolute atomic E-state index is 12.1. The molecule has 116 valence electrons. The summed E-state index contributed by atoms with van der Waals surface area (Å²) in [5, 5.41) is 1.78. The molecule has 0 aliphatic rings. The van der Waals surface area contributed by atoms with Crippen molar-refractivity contribution in [3.8, 4) is 0 Å². The summed E-state index contributed by atoms with van der Waals surface area (Å²) in [6.45, 7) is 2.68. The largest absolute Gasteiger partial charge is 0.339 e. The molecule has 0 N–H and O–H groups in total. The van der Waals surface area contributed by atoms with Crippen molar-refractivity contribution in [1.29, 1.82) is 0 Å². The molecule has 3 aromatic rings. The quantitative estimate of drug-likeness (QED) is 0.380. The highest BCUT2D eigenvalue weighted by atomic mass is 79.9. The topological polar surface area (TPSA) is 39.1 Å². The Kier molecular flexibility index (Phi) is 4.44. The van der Waals surface area contributed by atoms with Gasteiger partial charge in [0.25, 0.3) is 0 Å². The van der Waals surface area contributed by atoms with Gasteiger partial charge in [0.2, 0.25) is 5.78 Å². The Hall–Kier alpha value is -2.20. The Morgan fingerprint density at radius 2 is 1.96 bits per heavy atom. The van der Waals surface area contributed by atoms with Gasteiger partial charge in [0, 0.05) is 28.0 Å². The fraction of sp³-hybridized carbons (Fsp3) is 0.158. The van der Waals surface area contributed by atoms with Crippen LogP contribution in [0.15, 0.2) is 53.1 Å². The van der Waals surface area contributed by atoms with E-state index in [-0.39, 0.29) is 0 Å².